The monoisotopic (exact) mass is 305 g/mol. The summed E-state index contributed by atoms with van der Waals surface area (Å²) >= 11 is 3.28. The van der Waals surface area contributed by atoms with Crippen LogP contribution in [0.1, 0.15) is 21.9 Å². The van der Waals surface area contributed by atoms with Crippen molar-refractivity contribution in [3.63, 3.8) is 0 Å². The molecule has 0 spiro atoms. The smallest absolute Gasteiger partial charge is 0.274 e. The maximum Gasteiger partial charge on any atom is 0.274 e. The van der Waals surface area contributed by atoms with E-state index in [1.165, 1.54) is 0 Å². The van der Waals surface area contributed by atoms with Gasteiger partial charge in [0.15, 0.2) is 0 Å². The molecule has 0 saturated heterocycles. The molecule has 0 aromatic carbocycles. The van der Waals surface area contributed by atoms with Crippen LogP contribution in [0.2, 0.25) is 0 Å². The van der Waals surface area contributed by atoms with Gasteiger partial charge in [-0.1, -0.05) is 6.07 Å². The van der Waals surface area contributed by atoms with Crippen molar-refractivity contribution in [2.75, 3.05) is 5.32 Å². The van der Waals surface area contributed by atoms with Gasteiger partial charge in [-0.25, -0.2) is 9.97 Å². The van der Waals surface area contributed by atoms with E-state index < -0.39 is 0 Å². The van der Waals surface area contributed by atoms with E-state index in [9.17, 15) is 4.79 Å². The number of nitrogens with one attached hydrogen (secondary N) is 1. The fourth-order valence-corrected chi connectivity index (χ4v) is 1.92. The minimum Gasteiger partial charge on any atom is -0.319 e. The first-order valence-electron chi connectivity index (χ1n) is 5.44. The third kappa shape index (κ3) is 2.92. The summed E-state index contributed by atoms with van der Waals surface area (Å²) in [4.78, 5) is 20.4. The number of carbonyl (C=O) groups excluding carboxylic acids is 1. The van der Waals surface area contributed by atoms with E-state index in [1.54, 1.807) is 18.2 Å². The van der Waals surface area contributed by atoms with Gasteiger partial charge in [0.05, 0.1) is 11.4 Å². The largest absolute Gasteiger partial charge is 0.319 e. The van der Waals surface area contributed by atoms with Crippen molar-refractivity contribution in [1.82, 2.24) is 9.97 Å². The van der Waals surface area contributed by atoms with Crippen LogP contribution >= 0.6 is 15.9 Å². The number of nitrogens with zero attached hydrogens (tertiary/aromatic N) is 2. The zero-order valence-corrected chi connectivity index (χ0v) is 11.7. The number of aromatic nitrogens is 2. The third-order valence-corrected chi connectivity index (χ3v) is 2.86. The Bertz CT molecular complexity index is 599. The number of aryl methyl sites for hydroxylation is 2. The third-order valence-electron chi connectivity index (χ3n) is 2.42. The zero-order valence-electron chi connectivity index (χ0n) is 10.1. The molecule has 0 saturated carbocycles. The molecule has 4 nitrogen and oxygen atoms in total. The van der Waals surface area contributed by atoms with Gasteiger partial charge >= 0.3 is 0 Å². The highest BCUT2D eigenvalue weighted by molar-refractivity contribution is 9.10. The van der Waals surface area contributed by atoms with Crippen molar-refractivity contribution in [3.05, 3.63) is 52.0 Å². The second kappa shape index (κ2) is 5.27. The van der Waals surface area contributed by atoms with Crippen molar-refractivity contribution in [1.29, 1.82) is 0 Å². The summed E-state index contributed by atoms with van der Waals surface area (Å²) in [5, 5.41) is 2.80. The van der Waals surface area contributed by atoms with Crippen LogP contribution in [-0.4, -0.2) is 15.9 Å². The van der Waals surface area contributed by atoms with Gasteiger partial charge in [-0.2, -0.15) is 0 Å². The van der Waals surface area contributed by atoms with Crippen LogP contribution in [0.5, 0.6) is 0 Å². The van der Waals surface area contributed by atoms with Gasteiger partial charge in [0.25, 0.3) is 5.91 Å². The van der Waals surface area contributed by atoms with Gasteiger partial charge in [0.1, 0.15) is 10.3 Å². The summed E-state index contributed by atoms with van der Waals surface area (Å²) in [5.74, 6) is -0.231. The SMILES string of the molecule is Cc1cccc(C(=O)Nc2ccc(Br)nc2C)n1. The minimum absolute atomic E-state index is 0.231. The van der Waals surface area contributed by atoms with Crippen molar-refractivity contribution < 1.29 is 4.79 Å². The highest BCUT2D eigenvalue weighted by atomic mass is 79.9. The van der Waals surface area contributed by atoms with Gasteiger partial charge in [-0.05, 0) is 54.0 Å². The van der Waals surface area contributed by atoms with Gasteiger partial charge in [-0.15, -0.1) is 0 Å². The molecule has 92 valence electrons. The van der Waals surface area contributed by atoms with Crippen LogP contribution in [0.25, 0.3) is 0 Å². The standard InChI is InChI=1S/C13H12BrN3O/c1-8-4-3-5-11(15-8)13(18)17-10-6-7-12(14)16-9(10)2/h3-7H,1-2H3,(H,17,18). The lowest BCUT2D eigenvalue weighted by Crippen LogP contribution is -2.15. The predicted octanol–water partition coefficient (Wildman–Crippen LogP) is 3.11. The number of hydrogen-bond donors (Lipinski definition) is 1. The van der Waals surface area contributed by atoms with E-state index in [1.807, 2.05) is 26.0 Å². The molecule has 2 aromatic heterocycles. The number of carbonyl (C=O) groups is 1. The van der Waals surface area contributed by atoms with E-state index in [2.05, 4.69) is 31.2 Å². The van der Waals surface area contributed by atoms with Crippen LogP contribution in [0, 0.1) is 13.8 Å². The average molecular weight is 306 g/mol. The highest BCUT2D eigenvalue weighted by Gasteiger charge is 2.09. The molecule has 0 aliphatic rings. The summed E-state index contributed by atoms with van der Waals surface area (Å²) in [6, 6.07) is 8.93. The van der Waals surface area contributed by atoms with Crippen LogP contribution in [0.15, 0.2) is 34.9 Å². The van der Waals surface area contributed by atoms with Gasteiger partial charge in [0.2, 0.25) is 0 Å². The topological polar surface area (TPSA) is 54.9 Å². The molecule has 18 heavy (non-hydrogen) atoms. The Morgan fingerprint density at radius 3 is 2.61 bits per heavy atom. The lowest BCUT2D eigenvalue weighted by Gasteiger charge is -2.07. The van der Waals surface area contributed by atoms with Crippen molar-refractivity contribution in [3.8, 4) is 0 Å². The molecule has 0 fully saturated rings. The van der Waals surface area contributed by atoms with Crippen LogP contribution in [-0.2, 0) is 0 Å². The molecular formula is C13H12BrN3O. The van der Waals surface area contributed by atoms with E-state index in [0.717, 1.165) is 16.0 Å². The number of rotatable bonds is 2. The second-order valence-corrected chi connectivity index (χ2v) is 4.70. The fourth-order valence-electron chi connectivity index (χ4n) is 1.52. The number of hydrogen-bond acceptors (Lipinski definition) is 3. The van der Waals surface area contributed by atoms with E-state index >= 15 is 0 Å². The molecule has 1 N–H and O–H groups in total. The van der Waals surface area contributed by atoms with Crippen molar-refractivity contribution in [2.45, 2.75) is 13.8 Å². The summed E-state index contributed by atoms with van der Waals surface area (Å²) in [7, 11) is 0. The Kier molecular flexibility index (Phi) is 3.72. The van der Waals surface area contributed by atoms with Gasteiger partial charge in [0, 0.05) is 5.69 Å². The summed E-state index contributed by atoms with van der Waals surface area (Å²) in [6.45, 7) is 3.69. The average Bonchev–Trinajstić information content (AvgIpc) is 2.32. The minimum atomic E-state index is -0.231. The number of anilines is 1. The molecule has 5 heteroatoms. The second-order valence-electron chi connectivity index (χ2n) is 3.89. The van der Waals surface area contributed by atoms with Crippen molar-refractivity contribution >= 4 is 27.5 Å². The highest BCUT2D eigenvalue weighted by Crippen LogP contribution is 2.16. The molecule has 2 rings (SSSR count). The van der Waals surface area contributed by atoms with Gasteiger partial charge < -0.3 is 5.32 Å². The van der Waals surface area contributed by atoms with E-state index in [0.29, 0.717) is 11.4 Å². The molecule has 2 heterocycles. The predicted molar refractivity (Wildman–Crippen MR) is 73.6 cm³/mol. The molecule has 0 aliphatic carbocycles. The maximum atomic E-state index is 12.0. The number of pyridine rings is 2. The quantitative estimate of drug-likeness (QED) is 0.867. The molecule has 0 atom stereocenters. The maximum absolute atomic E-state index is 12.0. The first-order valence-corrected chi connectivity index (χ1v) is 6.24. The van der Waals surface area contributed by atoms with Crippen LogP contribution < -0.4 is 5.32 Å². The molecule has 0 unspecified atom stereocenters. The van der Waals surface area contributed by atoms with Crippen LogP contribution in [0.4, 0.5) is 5.69 Å². The Labute approximate surface area is 114 Å². The summed E-state index contributed by atoms with van der Waals surface area (Å²) < 4.78 is 0.742. The summed E-state index contributed by atoms with van der Waals surface area (Å²) in [5.41, 5.74) is 2.66. The first-order chi connectivity index (χ1) is 8.56. The van der Waals surface area contributed by atoms with E-state index in [-0.39, 0.29) is 5.91 Å². The Morgan fingerprint density at radius 2 is 1.94 bits per heavy atom. The fraction of sp³-hybridized carbons (Fsp3) is 0.154. The Balaban J connectivity index is 2.21. The lowest BCUT2D eigenvalue weighted by molar-refractivity contribution is 0.102. The number of amides is 1. The summed E-state index contributed by atoms with van der Waals surface area (Å²) in [6.07, 6.45) is 0. The lowest BCUT2D eigenvalue weighted by atomic mass is 10.2. The van der Waals surface area contributed by atoms with Gasteiger partial charge in [-0.3, -0.25) is 4.79 Å². The molecule has 2 aromatic rings. The molecule has 0 aliphatic heterocycles. The van der Waals surface area contributed by atoms with Crippen LogP contribution in [0.3, 0.4) is 0 Å². The normalized spacial score (nSPS) is 10.2. The number of halogens is 1. The van der Waals surface area contributed by atoms with Crippen molar-refractivity contribution in [2.24, 2.45) is 0 Å². The Morgan fingerprint density at radius 1 is 1.17 bits per heavy atom. The molecule has 0 radical (unpaired) electrons. The van der Waals surface area contributed by atoms with E-state index in [4.69, 9.17) is 0 Å². The Hall–Kier alpha value is -1.75. The molecular weight excluding hydrogens is 294 g/mol. The first kappa shape index (κ1) is 12.7. The molecule has 0 bridgehead atoms. The molecule has 1 amide bonds. The zero-order chi connectivity index (χ0) is 13.1.